The summed E-state index contributed by atoms with van der Waals surface area (Å²) in [6.07, 6.45) is 3.75. The fraction of sp³-hybridized carbons (Fsp3) is 0.647. The molecule has 1 aromatic carbocycles. The van der Waals surface area contributed by atoms with Gasteiger partial charge in [-0.3, -0.25) is 0 Å². The van der Waals surface area contributed by atoms with E-state index in [1.54, 1.807) is 0 Å². The Hall–Kier alpha value is -0.900. The lowest BCUT2D eigenvalue weighted by atomic mass is 9.79. The van der Waals surface area contributed by atoms with Gasteiger partial charge in [0.2, 0.25) is 0 Å². The van der Waals surface area contributed by atoms with Gasteiger partial charge in [-0.05, 0) is 42.7 Å². The van der Waals surface area contributed by atoms with Crippen LogP contribution in [0.3, 0.4) is 0 Å². The van der Waals surface area contributed by atoms with E-state index in [0.717, 1.165) is 31.2 Å². The maximum absolute atomic E-state index is 10.4. The van der Waals surface area contributed by atoms with Gasteiger partial charge in [0, 0.05) is 6.61 Å². The number of fused-ring (bicyclic) bond motifs is 1. The van der Waals surface area contributed by atoms with Crippen LogP contribution in [0.2, 0.25) is 0 Å². The van der Waals surface area contributed by atoms with E-state index in [2.05, 4.69) is 13.0 Å². The van der Waals surface area contributed by atoms with Crippen LogP contribution in [0.5, 0.6) is 0 Å². The largest absolute Gasteiger partial charge is 0.391 e. The van der Waals surface area contributed by atoms with Crippen molar-refractivity contribution in [3.8, 4) is 0 Å². The minimum Gasteiger partial charge on any atom is -0.391 e. The summed E-state index contributed by atoms with van der Waals surface area (Å²) in [4.78, 5) is 0. The van der Waals surface area contributed by atoms with Gasteiger partial charge in [0.15, 0.2) is 0 Å². The number of rotatable bonds is 7. The van der Waals surface area contributed by atoms with Gasteiger partial charge in [-0.2, -0.15) is 0 Å². The standard InChI is InChI=1S/C17H26O3/c1-2-3-10-20-12-15(18)11-14-9-8-13-6-4-5-7-16(13)17(14)19/h4-7,14-15,17-19H,2-3,8-12H2,1H3. The van der Waals surface area contributed by atoms with Crippen molar-refractivity contribution in [3.05, 3.63) is 35.4 Å². The lowest BCUT2D eigenvalue weighted by Gasteiger charge is -2.31. The van der Waals surface area contributed by atoms with Gasteiger partial charge in [-0.1, -0.05) is 37.6 Å². The highest BCUT2D eigenvalue weighted by molar-refractivity contribution is 5.31. The Bertz CT molecular complexity index is 405. The van der Waals surface area contributed by atoms with Crippen LogP contribution >= 0.6 is 0 Å². The number of hydrogen-bond acceptors (Lipinski definition) is 3. The van der Waals surface area contributed by atoms with Crippen LogP contribution < -0.4 is 0 Å². The molecule has 3 nitrogen and oxygen atoms in total. The average Bonchev–Trinajstić information content (AvgIpc) is 2.47. The van der Waals surface area contributed by atoms with Crippen LogP contribution in [0.1, 0.15) is 49.8 Å². The summed E-state index contributed by atoms with van der Waals surface area (Å²) in [5.74, 6) is 0.134. The molecule has 0 aliphatic heterocycles. The van der Waals surface area contributed by atoms with E-state index in [4.69, 9.17) is 4.74 Å². The Morgan fingerprint density at radius 3 is 2.95 bits per heavy atom. The van der Waals surface area contributed by atoms with Crippen molar-refractivity contribution in [1.29, 1.82) is 0 Å². The molecule has 0 spiro atoms. The first-order valence-corrected chi connectivity index (χ1v) is 7.74. The van der Waals surface area contributed by atoms with Gasteiger partial charge in [-0.25, -0.2) is 0 Å². The highest BCUT2D eigenvalue weighted by atomic mass is 16.5. The Morgan fingerprint density at radius 1 is 1.35 bits per heavy atom. The van der Waals surface area contributed by atoms with E-state index in [0.29, 0.717) is 19.6 Å². The second-order valence-corrected chi connectivity index (χ2v) is 5.76. The molecule has 2 rings (SSSR count). The second kappa shape index (κ2) is 7.77. The summed E-state index contributed by atoms with van der Waals surface area (Å²) in [5, 5.41) is 20.5. The van der Waals surface area contributed by atoms with Crippen LogP contribution in [-0.4, -0.2) is 29.5 Å². The molecule has 0 bridgehead atoms. The van der Waals surface area contributed by atoms with Gasteiger partial charge >= 0.3 is 0 Å². The maximum Gasteiger partial charge on any atom is 0.0821 e. The van der Waals surface area contributed by atoms with E-state index in [1.807, 2.05) is 18.2 Å². The lowest BCUT2D eigenvalue weighted by Crippen LogP contribution is -2.27. The molecule has 1 aromatic rings. The van der Waals surface area contributed by atoms with Crippen LogP contribution in [-0.2, 0) is 11.2 Å². The molecular weight excluding hydrogens is 252 g/mol. The van der Waals surface area contributed by atoms with Gasteiger partial charge in [0.05, 0.1) is 18.8 Å². The Balaban J connectivity index is 1.82. The van der Waals surface area contributed by atoms with Crippen molar-refractivity contribution < 1.29 is 14.9 Å². The first kappa shape index (κ1) is 15.5. The number of unbranched alkanes of at least 4 members (excludes halogenated alkanes) is 1. The smallest absolute Gasteiger partial charge is 0.0821 e. The number of benzene rings is 1. The number of hydrogen-bond donors (Lipinski definition) is 2. The molecule has 0 saturated carbocycles. The Kier molecular flexibility index (Phi) is 6.02. The monoisotopic (exact) mass is 278 g/mol. The molecule has 1 aliphatic rings. The molecule has 3 unspecified atom stereocenters. The fourth-order valence-corrected chi connectivity index (χ4v) is 2.93. The summed E-state index contributed by atoms with van der Waals surface area (Å²) >= 11 is 0. The third kappa shape index (κ3) is 4.05. The van der Waals surface area contributed by atoms with Crippen LogP contribution in [0.25, 0.3) is 0 Å². The number of aliphatic hydroxyl groups excluding tert-OH is 2. The van der Waals surface area contributed by atoms with Gasteiger partial charge in [0.25, 0.3) is 0 Å². The molecule has 0 heterocycles. The van der Waals surface area contributed by atoms with E-state index < -0.39 is 12.2 Å². The van der Waals surface area contributed by atoms with E-state index in [1.165, 1.54) is 5.56 Å². The van der Waals surface area contributed by atoms with E-state index in [9.17, 15) is 10.2 Å². The van der Waals surface area contributed by atoms with Crippen LogP contribution in [0.15, 0.2) is 24.3 Å². The highest BCUT2D eigenvalue weighted by Gasteiger charge is 2.29. The Labute approximate surface area is 121 Å². The van der Waals surface area contributed by atoms with Gasteiger partial charge < -0.3 is 14.9 Å². The average molecular weight is 278 g/mol. The maximum atomic E-state index is 10.4. The first-order chi connectivity index (χ1) is 9.72. The number of aryl methyl sites for hydroxylation is 1. The molecule has 3 heteroatoms. The van der Waals surface area contributed by atoms with Crippen molar-refractivity contribution in [2.75, 3.05) is 13.2 Å². The van der Waals surface area contributed by atoms with Crippen molar-refractivity contribution in [1.82, 2.24) is 0 Å². The third-order valence-electron chi connectivity index (χ3n) is 4.13. The van der Waals surface area contributed by atoms with Crippen molar-refractivity contribution in [2.24, 2.45) is 5.92 Å². The minimum atomic E-state index is -0.475. The molecular formula is C17H26O3. The Morgan fingerprint density at radius 2 is 2.15 bits per heavy atom. The zero-order valence-corrected chi connectivity index (χ0v) is 12.3. The summed E-state index contributed by atoms with van der Waals surface area (Å²) in [6, 6.07) is 8.06. The third-order valence-corrected chi connectivity index (χ3v) is 4.13. The normalized spacial score (nSPS) is 23.4. The van der Waals surface area contributed by atoms with Gasteiger partial charge in [-0.15, -0.1) is 0 Å². The minimum absolute atomic E-state index is 0.134. The topological polar surface area (TPSA) is 49.7 Å². The number of ether oxygens (including phenoxy) is 1. The quantitative estimate of drug-likeness (QED) is 0.754. The molecule has 0 amide bonds. The summed E-state index contributed by atoms with van der Waals surface area (Å²) < 4.78 is 5.45. The summed E-state index contributed by atoms with van der Waals surface area (Å²) in [7, 11) is 0. The first-order valence-electron chi connectivity index (χ1n) is 7.74. The molecule has 0 radical (unpaired) electrons. The van der Waals surface area contributed by atoms with E-state index >= 15 is 0 Å². The highest BCUT2D eigenvalue weighted by Crippen LogP contribution is 2.36. The molecule has 0 fully saturated rings. The van der Waals surface area contributed by atoms with Crippen molar-refractivity contribution in [3.63, 3.8) is 0 Å². The fourth-order valence-electron chi connectivity index (χ4n) is 2.93. The van der Waals surface area contributed by atoms with Crippen molar-refractivity contribution >= 4 is 0 Å². The molecule has 1 aliphatic carbocycles. The molecule has 0 aromatic heterocycles. The molecule has 3 atom stereocenters. The zero-order valence-electron chi connectivity index (χ0n) is 12.3. The second-order valence-electron chi connectivity index (χ2n) is 5.76. The van der Waals surface area contributed by atoms with Crippen molar-refractivity contribution in [2.45, 2.75) is 51.2 Å². The zero-order chi connectivity index (χ0) is 14.4. The summed E-state index contributed by atoms with van der Waals surface area (Å²) in [6.45, 7) is 3.21. The van der Waals surface area contributed by atoms with Crippen LogP contribution in [0, 0.1) is 5.92 Å². The molecule has 2 N–H and O–H groups in total. The summed E-state index contributed by atoms with van der Waals surface area (Å²) in [5.41, 5.74) is 2.27. The predicted octanol–water partition coefficient (Wildman–Crippen LogP) is 2.85. The van der Waals surface area contributed by atoms with Crippen LogP contribution in [0.4, 0.5) is 0 Å². The van der Waals surface area contributed by atoms with E-state index in [-0.39, 0.29) is 5.92 Å². The SMILES string of the molecule is CCCCOCC(O)CC1CCc2ccccc2C1O. The number of aliphatic hydroxyl groups is 2. The molecule has 0 saturated heterocycles. The molecule has 112 valence electrons. The lowest BCUT2D eigenvalue weighted by molar-refractivity contribution is -0.000436. The predicted molar refractivity (Wildman–Crippen MR) is 79.6 cm³/mol. The van der Waals surface area contributed by atoms with Gasteiger partial charge in [0.1, 0.15) is 0 Å². The molecule has 20 heavy (non-hydrogen) atoms.